The van der Waals surface area contributed by atoms with Gasteiger partial charge in [-0.1, -0.05) is 19.9 Å². The van der Waals surface area contributed by atoms with E-state index in [1.807, 2.05) is 6.08 Å². The van der Waals surface area contributed by atoms with Crippen molar-refractivity contribution < 1.29 is 19.1 Å². The van der Waals surface area contributed by atoms with Crippen LogP contribution in [0.25, 0.3) is 0 Å². The second-order valence-electron chi connectivity index (χ2n) is 6.73. The molecule has 1 saturated carbocycles. The minimum absolute atomic E-state index is 0.0311. The van der Waals surface area contributed by atoms with Crippen molar-refractivity contribution in [1.82, 2.24) is 5.32 Å². The van der Waals surface area contributed by atoms with Gasteiger partial charge in [-0.05, 0) is 30.6 Å². The minimum Gasteiger partial charge on any atom is -0.460 e. The average Bonchev–Trinajstić information content (AvgIpc) is 3.23. The van der Waals surface area contributed by atoms with Crippen molar-refractivity contribution >= 4 is 11.9 Å². The van der Waals surface area contributed by atoms with E-state index in [1.165, 1.54) is 0 Å². The summed E-state index contributed by atoms with van der Waals surface area (Å²) in [4.78, 5) is 24.4. The predicted molar refractivity (Wildman–Crippen MR) is 76.3 cm³/mol. The van der Waals surface area contributed by atoms with Crippen LogP contribution in [0.4, 0.5) is 0 Å². The van der Waals surface area contributed by atoms with Crippen molar-refractivity contribution in [2.75, 3.05) is 20.3 Å². The highest BCUT2D eigenvalue weighted by Crippen LogP contribution is 2.54. The summed E-state index contributed by atoms with van der Waals surface area (Å²) < 4.78 is 11.0. The van der Waals surface area contributed by atoms with Gasteiger partial charge in [-0.25, -0.2) is 0 Å². The molecule has 1 spiro atoms. The number of allylic oxidation sites excluding steroid dienone is 1. The summed E-state index contributed by atoms with van der Waals surface area (Å²) in [7, 11) is 1.60. The number of fused-ring (bicyclic) bond motifs is 2. The van der Waals surface area contributed by atoms with Gasteiger partial charge >= 0.3 is 5.97 Å². The third-order valence-electron chi connectivity index (χ3n) is 5.25. The summed E-state index contributed by atoms with van der Waals surface area (Å²) >= 11 is 0. The van der Waals surface area contributed by atoms with Crippen LogP contribution in [0.2, 0.25) is 0 Å². The molecule has 4 atom stereocenters. The predicted octanol–water partition coefficient (Wildman–Crippen LogP) is 1.28. The van der Waals surface area contributed by atoms with Gasteiger partial charge in [-0.15, -0.1) is 0 Å². The lowest BCUT2D eigenvalue weighted by molar-refractivity contribution is -0.154. The van der Waals surface area contributed by atoms with Crippen LogP contribution in [-0.4, -0.2) is 37.7 Å². The number of likely N-dealkylation sites (N-methyl/N-ethyl adjacent to an activating group) is 1. The molecule has 2 aliphatic heterocycles. The molecule has 0 unspecified atom stereocenters. The molecule has 3 aliphatic rings. The molecule has 0 bridgehead atoms. The van der Waals surface area contributed by atoms with E-state index in [-0.39, 0.29) is 35.9 Å². The standard InChI is InChI=1S/C16H23NO4/c1-9(2)11-4-5-16(8-21-16)13-12(11)6-10(14(18)17-3)7-20-15(13)19/h6,9,11-13H,4-5,7-8H2,1-3H3,(H,17,18)/t11-,12-,13-,16-/m1/s1. The molecule has 0 aromatic heterocycles. The summed E-state index contributed by atoms with van der Waals surface area (Å²) in [5.74, 6) is 0.237. The van der Waals surface area contributed by atoms with E-state index in [0.717, 1.165) is 12.8 Å². The zero-order valence-corrected chi connectivity index (χ0v) is 12.8. The van der Waals surface area contributed by atoms with Gasteiger partial charge in [0.25, 0.3) is 0 Å². The lowest BCUT2D eigenvalue weighted by atomic mass is 9.63. The van der Waals surface area contributed by atoms with Crippen LogP contribution < -0.4 is 5.32 Å². The maximum absolute atomic E-state index is 12.5. The maximum Gasteiger partial charge on any atom is 0.312 e. The van der Waals surface area contributed by atoms with E-state index in [2.05, 4.69) is 19.2 Å². The van der Waals surface area contributed by atoms with Gasteiger partial charge in [0.15, 0.2) is 0 Å². The zero-order chi connectivity index (χ0) is 15.2. The molecule has 5 heteroatoms. The Bertz CT molecular complexity index is 493. The van der Waals surface area contributed by atoms with Gasteiger partial charge in [-0.3, -0.25) is 9.59 Å². The number of carbonyl (C=O) groups excluding carboxylic acids is 2. The van der Waals surface area contributed by atoms with Crippen molar-refractivity contribution in [3.63, 3.8) is 0 Å². The number of hydrogen-bond donors (Lipinski definition) is 1. The Morgan fingerprint density at radius 3 is 2.76 bits per heavy atom. The van der Waals surface area contributed by atoms with E-state index in [4.69, 9.17) is 9.47 Å². The normalized spacial score (nSPS) is 38.4. The highest BCUT2D eigenvalue weighted by Gasteiger charge is 2.62. The summed E-state index contributed by atoms with van der Waals surface area (Å²) in [5.41, 5.74) is 0.226. The topological polar surface area (TPSA) is 67.9 Å². The van der Waals surface area contributed by atoms with E-state index in [1.54, 1.807) is 7.05 Å². The van der Waals surface area contributed by atoms with Gasteiger partial charge in [0.1, 0.15) is 12.2 Å². The Labute approximate surface area is 125 Å². The SMILES string of the molecule is CNC(=O)C1=C[C@@H]2[C@@H](C(C)C)CC[C@@]3(CO3)[C@H]2C(=O)OC1. The highest BCUT2D eigenvalue weighted by molar-refractivity contribution is 5.94. The fraction of sp³-hybridized carbons (Fsp3) is 0.750. The van der Waals surface area contributed by atoms with Crippen molar-refractivity contribution in [1.29, 1.82) is 0 Å². The molecule has 1 aliphatic carbocycles. The number of ether oxygens (including phenoxy) is 2. The summed E-state index contributed by atoms with van der Waals surface area (Å²) in [5, 5.41) is 2.62. The number of rotatable bonds is 2. The lowest BCUT2D eigenvalue weighted by Crippen LogP contribution is -2.45. The Balaban J connectivity index is 1.99. The van der Waals surface area contributed by atoms with Gasteiger partial charge in [0.2, 0.25) is 5.91 Å². The molecule has 21 heavy (non-hydrogen) atoms. The fourth-order valence-corrected chi connectivity index (χ4v) is 3.96. The van der Waals surface area contributed by atoms with Crippen LogP contribution in [0.1, 0.15) is 26.7 Å². The first-order valence-corrected chi connectivity index (χ1v) is 7.72. The molecule has 1 saturated heterocycles. The number of carbonyl (C=O) groups is 2. The van der Waals surface area contributed by atoms with Gasteiger partial charge in [-0.2, -0.15) is 0 Å². The third-order valence-corrected chi connectivity index (χ3v) is 5.25. The van der Waals surface area contributed by atoms with Crippen LogP contribution in [0.5, 0.6) is 0 Å². The highest BCUT2D eigenvalue weighted by atomic mass is 16.6. The van der Waals surface area contributed by atoms with Crippen LogP contribution in [-0.2, 0) is 19.1 Å². The average molecular weight is 293 g/mol. The molecule has 0 aromatic rings. The molecule has 5 nitrogen and oxygen atoms in total. The molecule has 3 rings (SSSR count). The van der Waals surface area contributed by atoms with Crippen LogP contribution >= 0.6 is 0 Å². The van der Waals surface area contributed by atoms with Gasteiger partial charge in [0.05, 0.1) is 18.1 Å². The molecule has 2 fully saturated rings. The molecule has 116 valence electrons. The summed E-state index contributed by atoms with van der Waals surface area (Å²) in [6.45, 7) is 5.05. The minimum atomic E-state index is -0.332. The zero-order valence-electron chi connectivity index (χ0n) is 12.8. The second-order valence-corrected chi connectivity index (χ2v) is 6.73. The Morgan fingerprint density at radius 1 is 1.48 bits per heavy atom. The first-order chi connectivity index (χ1) is 9.98. The third kappa shape index (κ3) is 2.37. The quantitative estimate of drug-likeness (QED) is 0.615. The molecule has 2 heterocycles. The maximum atomic E-state index is 12.5. The number of cyclic esters (lactones) is 1. The number of amides is 1. The summed E-state index contributed by atoms with van der Waals surface area (Å²) in [6, 6.07) is 0. The van der Waals surface area contributed by atoms with Crippen molar-refractivity contribution in [2.24, 2.45) is 23.7 Å². The first-order valence-electron chi connectivity index (χ1n) is 7.72. The largest absolute Gasteiger partial charge is 0.460 e. The monoisotopic (exact) mass is 293 g/mol. The Hall–Kier alpha value is -1.36. The first kappa shape index (κ1) is 14.6. The fourth-order valence-electron chi connectivity index (χ4n) is 3.96. The number of esters is 1. The van der Waals surface area contributed by atoms with E-state index in [9.17, 15) is 9.59 Å². The summed E-state index contributed by atoms with van der Waals surface area (Å²) in [6.07, 6.45) is 3.92. The number of epoxide rings is 1. The van der Waals surface area contributed by atoms with Crippen LogP contribution in [0.3, 0.4) is 0 Å². The Morgan fingerprint density at radius 2 is 2.19 bits per heavy atom. The molecular formula is C16H23NO4. The molecule has 0 aromatic carbocycles. The van der Waals surface area contributed by atoms with Gasteiger partial charge < -0.3 is 14.8 Å². The second kappa shape index (κ2) is 5.13. The molecular weight excluding hydrogens is 270 g/mol. The number of nitrogens with one attached hydrogen (secondary N) is 1. The Kier molecular flexibility index (Phi) is 3.56. The van der Waals surface area contributed by atoms with E-state index in [0.29, 0.717) is 24.0 Å². The van der Waals surface area contributed by atoms with Crippen LogP contribution in [0.15, 0.2) is 11.6 Å². The van der Waals surface area contributed by atoms with Crippen molar-refractivity contribution in [3.8, 4) is 0 Å². The molecule has 1 amide bonds. The van der Waals surface area contributed by atoms with Crippen molar-refractivity contribution in [2.45, 2.75) is 32.3 Å². The lowest BCUT2D eigenvalue weighted by Gasteiger charge is -2.40. The van der Waals surface area contributed by atoms with Gasteiger partial charge in [0, 0.05) is 7.05 Å². The van der Waals surface area contributed by atoms with E-state index >= 15 is 0 Å². The number of hydrogen-bond acceptors (Lipinski definition) is 4. The molecule has 0 radical (unpaired) electrons. The van der Waals surface area contributed by atoms with E-state index < -0.39 is 0 Å². The van der Waals surface area contributed by atoms with Crippen LogP contribution in [0, 0.1) is 23.7 Å². The van der Waals surface area contributed by atoms with Crippen molar-refractivity contribution in [3.05, 3.63) is 11.6 Å². The smallest absolute Gasteiger partial charge is 0.312 e. The molecule has 1 N–H and O–H groups in total.